The van der Waals surface area contributed by atoms with E-state index in [0.29, 0.717) is 24.5 Å². The molecule has 8 heteroatoms. The van der Waals surface area contributed by atoms with Gasteiger partial charge in [-0.05, 0) is 56.3 Å². The predicted octanol–water partition coefficient (Wildman–Crippen LogP) is 3.54. The van der Waals surface area contributed by atoms with E-state index in [0.717, 1.165) is 57.1 Å². The Balaban J connectivity index is 1.48. The number of benzene rings is 1. The van der Waals surface area contributed by atoms with E-state index in [-0.39, 0.29) is 41.8 Å². The Bertz CT molecular complexity index is 910. The number of hydrogen-bond acceptors (Lipinski definition) is 4. The van der Waals surface area contributed by atoms with E-state index in [2.05, 4.69) is 15.5 Å². The molecule has 1 aromatic rings. The molecule has 36 heavy (non-hydrogen) atoms. The predicted molar refractivity (Wildman–Crippen MR) is 142 cm³/mol. The fourth-order valence-corrected chi connectivity index (χ4v) is 6.07. The van der Waals surface area contributed by atoms with Crippen LogP contribution < -0.4 is 10.6 Å². The highest BCUT2D eigenvalue weighted by Gasteiger charge is 2.39. The number of rotatable bonds is 8. The quantitative estimate of drug-likeness (QED) is 0.553. The summed E-state index contributed by atoms with van der Waals surface area (Å²) in [6.07, 6.45) is 8.59. The van der Waals surface area contributed by atoms with Crippen LogP contribution in [0.25, 0.3) is 0 Å². The van der Waals surface area contributed by atoms with E-state index >= 15 is 0 Å². The normalized spacial score (nSPS) is 23.6. The molecule has 0 bridgehead atoms. The van der Waals surface area contributed by atoms with Crippen molar-refractivity contribution < 1.29 is 14.4 Å². The van der Waals surface area contributed by atoms with Gasteiger partial charge in [-0.15, -0.1) is 0 Å². The van der Waals surface area contributed by atoms with Crippen LogP contribution in [0.5, 0.6) is 0 Å². The standard InChI is InChI=1S/C28H41ClN4O3/c1-19(2)27(35)33(22-7-4-3-5-8-22)23-14-16-32(18-23)28(36)25(17-20-10-12-21(29)13-11-20)31-26(34)24-9-6-15-30-24/h10-13,19,22-25,30H,3-9,14-18H2,1-2H3,(H,31,34)/t23-,24+,25+/m0/s1. The van der Waals surface area contributed by atoms with Crippen LogP contribution in [-0.4, -0.2) is 71.3 Å². The minimum atomic E-state index is -0.649. The Morgan fingerprint density at radius 2 is 1.75 bits per heavy atom. The van der Waals surface area contributed by atoms with Gasteiger partial charge in [0.1, 0.15) is 6.04 Å². The second-order valence-corrected chi connectivity index (χ2v) is 11.4. The van der Waals surface area contributed by atoms with Crippen LogP contribution in [-0.2, 0) is 20.8 Å². The summed E-state index contributed by atoms with van der Waals surface area (Å²) in [5, 5.41) is 6.90. The summed E-state index contributed by atoms with van der Waals surface area (Å²) in [5.74, 6) is -0.0548. The van der Waals surface area contributed by atoms with Crippen molar-refractivity contribution >= 4 is 29.3 Å². The molecule has 1 aromatic carbocycles. The Labute approximate surface area is 220 Å². The second kappa shape index (κ2) is 12.4. The van der Waals surface area contributed by atoms with E-state index in [9.17, 15) is 14.4 Å². The van der Waals surface area contributed by atoms with Gasteiger partial charge in [-0.2, -0.15) is 0 Å². The molecule has 4 rings (SSSR count). The highest BCUT2D eigenvalue weighted by molar-refractivity contribution is 6.30. The Morgan fingerprint density at radius 3 is 2.39 bits per heavy atom. The second-order valence-electron chi connectivity index (χ2n) is 11.0. The third kappa shape index (κ3) is 6.60. The van der Waals surface area contributed by atoms with Gasteiger partial charge in [0.05, 0.1) is 12.1 Å². The lowest BCUT2D eigenvalue weighted by atomic mass is 9.92. The number of hydrogen-bond donors (Lipinski definition) is 2. The third-order valence-corrected chi connectivity index (χ3v) is 8.18. The average molecular weight is 517 g/mol. The van der Waals surface area contributed by atoms with Crippen LogP contribution in [0.2, 0.25) is 5.02 Å². The van der Waals surface area contributed by atoms with Crippen LogP contribution in [0.3, 0.4) is 0 Å². The molecule has 1 saturated carbocycles. The first-order valence-electron chi connectivity index (χ1n) is 13.7. The largest absolute Gasteiger partial charge is 0.343 e. The molecular weight excluding hydrogens is 476 g/mol. The molecule has 3 fully saturated rings. The Morgan fingerprint density at radius 1 is 1.03 bits per heavy atom. The van der Waals surface area contributed by atoms with Gasteiger partial charge in [0.2, 0.25) is 17.7 Å². The maximum absolute atomic E-state index is 13.8. The van der Waals surface area contributed by atoms with Crippen molar-refractivity contribution in [3.05, 3.63) is 34.9 Å². The molecule has 2 heterocycles. The molecule has 0 spiro atoms. The van der Waals surface area contributed by atoms with Crippen molar-refractivity contribution in [2.24, 2.45) is 5.92 Å². The summed E-state index contributed by atoms with van der Waals surface area (Å²) in [5.41, 5.74) is 0.951. The van der Waals surface area contributed by atoms with Crippen molar-refractivity contribution in [2.45, 2.75) is 95.8 Å². The van der Waals surface area contributed by atoms with Gasteiger partial charge in [0.25, 0.3) is 0 Å². The summed E-state index contributed by atoms with van der Waals surface area (Å²) in [4.78, 5) is 43.9. The van der Waals surface area contributed by atoms with Crippen molar-refractivity contribution in [3.8, 4) is 0 Å². The van der Waals surface area contributed by atoms with E-state index in [1.165, 1.54) is 6.42 Å². The molecule has 2 N–H and O–H groups in total. The number of nitrogens with one attached hydrogen (secondary N) is 2. The first-order chi connectivity index (χ1) is 17.3. The molecule has 198 valence electrons. The third-order valence-electron chi connectivity index (χ3n) is 7.93. The molecule has 0 unspecified atom stereocenters. The summed E-state index contributed by atoms with van der Waals surface area (Å²) in [6, 6.07) is 6.84. The van der Waals surface area contributed by atoms with Gasteiger partial charge in [-0.1, -0.05) is 56.8 Å². The summed E-state index contributed by atoms with van der Waals surface area (Å²) in [7, 11) is 0. The van der Waals surface area contributed by atoms with Crippen molar-refractivity contribution in [2.75, 3.05) is 19.6 Å². The van der Waals surface area contributed by atoms with Crippen LogP contribution >= 0.6 is 11.6 Å². The fraction of sp³-hybridized carbons (Fsp3) is 0.679. The lowest BCUT2D eigenvalue weighted by molar-refractivity contribution is -0.141. The number of amides is 3. The zero-order valence-electron chi connectivity index (χ0n) is 21.7. The zero-order chi connectivity index (χ0) is 25.7. The SMILES string of the molecule is CC(C)C(=O)N(C1CCCCC1)[C@H]1CCN(C(=O)[C@@H](Cc2ccc(Cl)cc2)NC(=O)[C@H]2CCCN2)C1. The highest BCUT2D eigenvalue weighted by Crippen LogP contribution is 2.29. The first-order valence-corrected chi connectivity index (χ1v) is 14.1. The van der Waals surface area contributed by atoms with Crippen LogP contribution in [0.4, 0.5) is 0 Å². The Hall–Kier alpha value is -2.12. The molecule has 3 atom stereocenters. The van der Waals surface area contributed by atoms with Crippen LogP contribution in [0.1, 0.15) is 70.8 Å². The van der Waals surface area contributed by atoms with Crippen molar-refractivity contribution in [1.82, 2.24) is 20.4 Å². The molecule has 0 radical (unpaired) electrons. The summed E-state index contributed by atoms with van der Waals surface area (Å²) >= 11 is 6.06. The van der Waals surface area contributed by atoms with Gasteiger partial charge in [0, 0.05) is 36.5 Å². The van der Waals surface area contributed by atoms with Gasteiger partial charge >= 0.3 is 0 Å². The van der Waals surface area contributed by atoms with Gasteiger partial charge < -0.3 is 20.4 Å². The molecule has 3 aliphatic rings. The van der Waals surface area contributed by atoms with Crippen LogP contribution in [0, 0.1) is 5.92 Å². The van der Waals surface area contributed by atoms with E-state index in [1.54, 1.807) is 0 Å². The molecule has 2 saturated heterocycles. The molecular formula is C28H41ClN4O3. The van der Waals surface area contributed by atoms with Crippen molar-refractivity contribution in [1.29, 1.82) is 0 Å². The minimum absolute atomic E-state index is 0.0373. The minimum Gasteiger partial charge on any atom is -0.343 e. The molecule has 2 aliphatic heterocycles. The molecule has 0 aromatic heterocycles. The summed E-state index contributed by atoms with van der Waals surface area (Å²) in [6.45, 7) is 5.88. The smallest absolute Gasteiger partial charge is 0.245 e. The number of nitrogens with zero attached hydrogens (tertiary/aromatic N) is 2. The number of likely N-dealkylation sites (tertiary alicyclic amines) is 1. The molecule has 7 nitrogen and oxygen atoms in total. The Kier molecular flexibility index (Phi) is 9.29. The van der Waals surface area contributed by atoms with Gasteiger partial charge in [-0.3, -0.25) is 14.4 Å². The topological polar surface area (TPSA) is 81.8 Å². The fourth-order valence-electron chi connectivity index (χ4n) is 5.94. The number of halogens is 1. The lowest BCUT2D eigenvalue weighted by Gasteiger charge is -2.39. The van der Waals surface area contributed by atoms with E-state index < -0.39 is 6.04 Å². The lowest BCUT2D eigenvalue weighted by Crippen LogP contribution is -2.54. The molecule has 3 amide bonds. The van der Waals surface area contributed by atoms with Crippen LogP contribution in [0.15, 0.2) is 24.3 Å². The van der Waals surface area contributed by atoms with E-state index in [1.807, 2.05) is 43.0 Å². The van der Waals surface area contributed by atoms with Crippen molar-refractivity contribution in [3.63, 3.8) is 0 Å². The van der Waals surface area contributed by atoms with Gasteiger partial charge in [-0.25, -0.2) is 0 Å². The maximum atomic E-state index is 13.8. The van der Waals surface area contributed by atoms with E-state index in [4.69, 9.17) is 11.6 Å². The first kappa shape index (κ1) is 26.9. The number of carbonyl (C=O) groups excluding carboxylic acids is 3. The van der Waals surface area contributed by atoms with Gasteiger partial charge in [0.15, 0.2) is 0 Å². The average Bonchev–Trinajstić information content (AvgIpc) is 3.58. The highest BCUT2D eigenvalue weighted by atomic mass is 35.5. The summed E-state index contributed by atoms with van der Waals surface area (Å²) < 4.78 is 0. The molecule has 1 aliphatic carbocycles. The monoisotopic (exact) mass is 516 g/mol. The maximum Gasteiger partial charge on any atom is 0.245 e. The number of carbonyl (C=O) groups is 3. The zero-order valence-corrected chi connectivity index (χ0v) is 22.4.